The van der Waals surface area contributed by atoms with Crippen molar-refractivity contribution < 1.29 is 15.0 Å². The maximum atomic E-state index is 11.0. The third-order valence-corrected chi connectivity index (χ3v) is 5.18. The lowest BCUT2D eigenvalue weighted by Gasteiger charge is -2.28. The highest BCUT2D eigenvalue weighted by atomic mass is 16.4. The molecular weight excluding hydrogens is 266 g/mol. The van der Waals surface area contributed by atoms with Crippen molar-refractivity contribution in [3.8, 4) is 5.75 Å². The van der Waals surface area contributed by atoms with E-state index in [2.05, 4.69) is 4.90 Å². The van der Waals surface area contributed by atoms with E-state index in [9.17, 15) is 9.90 Å². The number of aromatic carboxylic acids is 1. The molecule has 4 heteroatoms. The maximum absolute atomic E-state index is 11.0. The van der Waals surface area contributed by atoms with E-state index < -0.39 is 5.97 Å². The van der Waals surface area contributed by atoms with E-state index in [1.807, 2.05) is 6.07 Å². The van der Waals surface area contributed by atoms with Gasteiger partial charge in [-0.25, -0.2) is 4.79 Å². The fourth-order valence-corrected chi connectivity index (χ4v) is 3.94. The Balaban J connectivity index is 1.76. The zero-order chi connectivity index (χ0) is 14.9. The largest absolute Gasteiger partial charge is 0.507 e. The Kier molecular flexibility index (Phi) is 3.79. The van der Waals surface area contributed by atoms with Gasteiger partial charge in [-0.15, -0.1) is 0 Å². The molecule has 0 unspecified atom stereocenters. The molecule has 1 spiro atoms. The highest BCUT2D eigenvalue weighted by Gasteiger charge is 2.38. The minimum absolute atomic E-state index is 0.0258. The number of rotatable bonds is 2. The van der Waals surface area contributed by atoms with Gasteiger partial charge in [-0.05, 0) is 36.8 Å². The van der Waals surface area contributed by atoms with Gasteiger partial charge in [0.15, 0.2) is 0 Å². The summed E-state index contributed by atoms with van der Waals surface area (Å²) >= 11 is 0. The van der Waals surface area contributed by atoms with E-state index in [0.29, 0.717) is 5.41 Å². The number of nitrogens with zero attached hydrogens (tertiary/aromatic N) is 1. The molecule has 1 saturated carbocycles. The predicted octanol–water partition coefficient (Wildman–Crippen LogP) is 3.64. The van der Waals surface area contributed by atoms with Crippen molar-refractivity contribution in [1.29, 1.82) is 0 Å². The lowest BCUT2D eigenvalue weighted by atomic mass is 9.80. The van der Waals surface area contributed by atoms with Crippen LogP contribution in [0.1, 0.15) is 55.3 Å². The summed E-state index contributed by atoms with van der Waals surface area (Å²) < 4.78 is 0. The van der Waals surface area contributed by atoms with Crippen LogP contribution in [0.5, 0.6) is 5.75 Å². The molecule has 1 aromatic carbocycles. The van der Waals surface area contributed by atoms with Crippen LogP contribution in [0.25, 0.3) is 0 Å². The van der Waals surface area contributed by atoms with Crippen molar-refractivity contribution in [3.05, 3.63) is 23.8 Å². The molecule has 0 bridgehead atoms. The molecule has 21 heavy (non-hydrogen) atoms. The number of phenols is 1. The highest BCUT2D eigenvalue weighted by molar-refractivity contribution is 5.91. The number of carbonyl (C=O) groups is 1. The van der Waals surface area contributed by atoms with E-state index in [-0.39, 0.29) is 11.3 Å². The Hall–Kier alpha value is -1.71. The minimum Gasteiger partial charge on any atom is -0.507 e. The fraction of sp³-hybridized carbons (Fsp3) is 0.588. The van der Waals surface area contributed by atoms with Gasteiger partial charge in [-0.1, -0.05) is 25.7 Å². The average Bonchev–Trinajstić information content (AvgIpc) is 2.72. The summed E-state index contributed by atoms with van der Waals surface area (Å²) in [6, 6.07) is 4.92. The standard InChI is InChI=1S/C17H23NO3/c19-15-11-13(5-6-14(15)16(20)21)18-10-9-17(12-18)7-3-1-2-4-8-17/h5-6,11,19H,1-4,7-10,12H2,(H,20,21). The van der Waals surface area contributed by atoms with Crippen molar-refractivity contribution in [2.24, 2.45) is 5.41 Å². The number of carboxylic acids is 1. The molecule has 0 aromatic heterocycles. The van der Waals surface area contributed by atoms with Crippen LogP contribution in [0.2, 0.25) is 0 Å². The van der Waals surface area contributed by atoms with Gasteiger partial charge in [0.2, 0.25) is 0 Å². The third-order valence-electron chi connectivity index (χ3n) is 5.18. The van der Waals surface area contributed by atoms with Crippen LogP contribution in [0.15, 0.2) is 18.2 Å². The van der Waals surface area contributed by atoms with Gasteiger partial charge >= 0.3 is 5.97 Å². The Morgan fingerprint density at radius 1 is 1.10 bits per heavy atom. The molecule has 1 saturated heterocycles. The van der Waals surface area contributed by atoms with Gasteiger partial charge in [0, 0.05) is 24.8 Å². The molecule has 1 aromatic rings. The normalized spacial score (nSPS) is 21.4. The summed E-state index contributed by atoms with van der Waals surface area (Å²) in [5, 5.41) is 18.8. The first kappa shape index (κ1) is 14.2. The summed E-state index contributed by atoms with van der Waals surface area (Å²) in [5.41, 5.74) is 1.36. The fourth-order valence-electron chi connectivity index (χ4n) is 3.94. The Bertz CT molecular complexity index is 533. The van der Waals surface area contributed by atoms with Gasteiger partial charge in [0.1, 0.15) is 11.3 Å². The number of benzene rings is 1. The summed E-state index contributed by atoms with van der Waals surface area (Å²) in [4.78, 5) is 13.3. The van der Waals surface area contributed by atoms with E-state index in [4.69, 9.17) is 5.11 Å². The summed E-state index contributed by atoms with van der Waals surface area (Å²) in [7, 11) is 0. The molecule has 0 atom stereocenters. The zero-order valence-electron chi connectivity index (χ0n) is 12.3. The molecular formula is C17H23NO3. The molecule has 0 amide bonds. The molecule has 2 N–H and O–H groups in total. The van der Waals surface area contributed by atoms with Gasteiger partial charge in [0.25, 0.3) is 0 Å². The van der Waals surface area contributed by atoms with Crippen molar-refractivity contribution >= 4 is 11.7 Å². The van der Waals surface area contributed by atoms with Crippen molar-refractivity contribution in [1.82, 2.24) is 0 Å². The Morgan fingerprint density at radius 2 is 1.81 bits per heavy atom. The quantitative estimate of drug-likeness (QED) is 0.872. The smallest absolute Gasteiger partial charge is 0.339 e. The second-order valence-corrected chi connectivity index (χ2v) is 6.59. The van der Waals surface area contributed by atoms with Crippen molar-refractivity contribution in [2.45, 2.75) is 44.9 Å². The van der Waals surface area contributed by atoms with Crippen LogP contribution in [-0.4, -0.2) is 29.3 Å². The molecule has 1 aliphatic carbocycles. The molecule has 2 fully saturated rings. The molecule has 4 nitrogen and oxygen atoms in total. The predicted molar refractivity (Wildman–Crippen MR) is 82.0 cm³/mol. The third kappa shape index (κ3) is 2.85. The number of anilines is 1. The second-order valence-electron chi connectivity index (χ2n) is 6.59. The van der Waals surface area contributed by atoms with E-state index >= 15 is 0 Å². The van der Waals surface area contributed by atoms with Gasteiger partial charge in [-0.3, -0.25) is 0 Å². The maximum Gasteiger partial charge on any atom is 0.339 e. The van der Waals surface area contributed by atoms with Crippen molar-refractivity contribution in [3.63, 3.8) is 0 Å². The van der Waals surface area contributed by atoms with Crippen LogP contribution >= 0.6 is 0 Å². The Labute approximate surface area is 125 Å². The van der Waals surface area contributed by atoms with Crippen LogP contribution in [-0.2, 0) is 0 Å². The van der Waals surface area contributed by atoms with E-state index in [1.165, 1.54) is 51.0 Å². The lowest BCUT2D eigenvalue weighted by Crippen LogP contribution is -2.26. The van der Waals surface area contributed by atoms with Crippen LogP contribution in [0.4, 0.5) is 5.69 Å². The molecule has 3 rings (SSSR count). The second kappa shape index (κ2) is 5.58. The minimum atomic E-state index is -1.08. The zero-order valence-corrected chi connectivity index (χ0v) is 12.3. The topological polar surface area (TPSA) is 60.8 Å². The highest BCUT2D eigenvalue weighted by Crippen LogP contribution is 2.44. The van der Waals surface area contributed by atoms with Crippen LogP contribution in [0, 0.1) is 5.41 Å². The molecule has 1 heterocycles. The van der Waals surface area contributed by atoms with Gasteiger partial charge in [0.05, 0.1) is 0 Å². The van der Waals surface area contributed by atoms with Gasteiger partial charge < -0.3 is 15.1 Å². The number of aromatic hydroxyl groups is 1. The number of carboxylic acid groups (broad SMARTS) is 1. The van der Waals surface area contributed by atoms with E-state index in [1.54, 1.807) is 6.07 Å². The first-order valence-corrected chi connectivity index (χ1v) is 7.91. The summed E-state index contributed by atoms with van der Waals surface area (Å²) in [5.74, 6) is -1.22. The monoisotopic (exact) mass is 289 g/mol. The molecule has 2 aliphatic rings. The average molecular weight is 289 g/mol. The molecule has 0 radical (unpaired) electrons. The van der Waals surface area contributed by atoms with E-state index in [0.717, 1.165) is 18.8 Å². The number of hydrogen-bond acceptors (Lipinski definition) is 3. The molecule has 114 valence electrons. The van der Waals surface area contributed by atoms with Crippen molar-refractivity contribution in [2.75, 3.05) is 18.0 Å². The SMILES string of the molecule is O=C(O)c1ccc(N2CCC3(CCCCCC3)C2)cc1O. The first-order valence-electron chi connectivity index (χ1n) is 7.91. The lowest BCUT2D eigenvalue weighted by molar-refractivity contribution is 0.0694. The summed E-state index contributed by atoms with van der Waals surface area (Å²) in [6.07, 6.45) is 9.21. The Morgan fingerprint density at radius 3 is 2.43 bits per heavy atom. The first-order chi connectivity index (χ1) is 10.1. The van der Waals surface area contributed by atoms with Gasteiger partial charge in [-0.2, -0.15) is 0 Å². The molecule has 1 aliphatic heterocycles. The van der Waals surface area contributed by atoms with Crippen LogP contribution < -0.4 is 4.90 Å². The van der Waals surface area contributed by atoms with Crippen LogP contribution in [0.3, 0.4) is 0 Å². The number of hydrogen-bond donors (Lipinski definition) is 2. The summed E-state index contributed by atoms with van der Waals surface area (Å²) in [6.45, 7) is 2.05.